The molecule has 0 spiro atoms. The molecule has 8 nitrogen and oxygen atoms in total. The zero-order valence-electron chi connectivity index (χ0n) is 11.9. The second kappa shape index (κ2) is 6.20. The van der Waals surface area contributed by atoms with Crippen LogP contribution in [0.2, 0.25) is 5.15 Å². The molecule has 2 heterocycles. The van der Waals surface area contributed by atoms with E-state index in [0.717, 1.165) is 0 Å². The first-order valence-corrected chi connectivity index (χ1v) is 8.39. The minimum atomic E-state index is -3.72. The first kappa shape index (κ1) is 16.1. The van der Waals surface area contributed by atoms with Gasteiger partial charge in [-0.3, -0.25) is 0 Å². The second-order valence-electron chi connectivity index (χ2n) is 4.68. The third kappa shape index (κ3) is 3.14. The lowest BCUT2D eigenvalue weighted by Crippen LogP contribution is -2.53. The van der Waals surface area contributed by atoms with Crippen molar-refractivity contribution in [1.29, 1.82) is 0 Å². The molecule has 1 fully saturated rings. The van der Waals surface area contributed by atoms with Crippen LogP contribution in [-0.2, 0) is 17.1 Å². The van der Waals surface area contributed by atoms with E-state index in [2.05, 4.69) is 10.3 Å². The Morgan fingerprint density at radius 1 is 1.38 bits per heavy atom. The topological polar surface area (TPSA) is 87.5 Å². The number of sulfonamides is 1. The fourth-order valence-electron chi connectivity index (χ4n) is 2.08. The Labute approximate surface area is 128 Å². The summed E-state index contributed by atoms with van der Waals surface area (Å²) >= 11 is 5.95. The predicted molar refractivity (Wildman–Crippen MR) is 77.6 cm³/mol. The Bertz CT molecular complexity index is 622. The van der Waals surface area contributed by atoms with Crippen LogP contribution in [0.1, 0.15) is 6.92 Å². The molecule has 1 aliphatic rings. The highest BCUT2D eigenvalue weighted by molar-refractivity contribution is 7.89. The van der Waals surface area contributed by atoms with E-state index in [1.54, 1.807) is 11.9 Å². The summed E-state index contributed by atoms with van der Waals surface area (Å²) in [5.41, 5.74) is 0. The van der Waals surface area contributed by atoms with Gasteiger partial charge in [-0.15, -0.1) is 0 Å². The van der Waals surface area contributed by atoms with Gasteiger partial charge in [0.25, 0.3) is 10.0 Å². The highest BCUT2D eigenvalue weighted by Crippen LogP contribution is 2.23. The minimum absolute atomic E-state index is 0.0844. The summed E-state index contributed by atoms with van der Waals surface area (Å²) in [6, 6.07) is -0.176. The van der Waals surface area contributed by atoms with E-state index in [1.165, 1.54) is 15.2 Å². The molecule has 0 bridgehead atoms. The van der Waals surface area contributed by atoms with Gasteiger partial charge < -0.3 is 14.8 Å². The van der Waals surface area contributed by atoms with E-state index in [-0.39, 0.29) is 29.3 Å². The first-order chi connectivity index (χ1) is 9.87. The zero-order chi connectivity index (χ0) is 15.6. The molecule has 21 heavy (non-hydrogen) atoms. The van der Waals surface area contributed by atoms with E-state index >= 15 is 0 Å². The Hall–Kier alpha value is -1.32. The Kier molecular flexibility index (Phi) is 4.74. The van der Waals surface area contributed by atoms with Gasteiger partial charge in [0, 0.05) is 39.8 Å². The maximum atomic E-state index is 12.5. The van der Waals surface area contributed by atoms with Crippen molar-refractivity contribution in [3.63, 3.8) is 0 Å². The molecule has 1 N–H and O–H groups in total. The maximum absolute atomic E-state index is 12.5. The molecule has 0 aliphatic carbocycles. The Morgan fingerprint density at radius 2 is 2.00 bits per heavy atom. The minimum Gasteiger partial charge on any atom is -0.338 e. The lowest BCUT2D eigenvalue weighted by molar-refractivity contribution is 0.173. The van der Waals surface area contributed by atoms with E-state index in [0.29, 0.717) is 19.6 Å². The van der Waals surface area contributed by atoms with Crippen molar-refractivity contribution < 1.29 is 13.2 Å². The van der Waals surface area contributed by atoms with Crippen molar-refractivity contribution in [3.8, 4) is 0 Å². The second-order valence-corrected chi connectivity index (χ2v) is 6.89. The quantitative estimate of drug-likeness (QED) is 0.849. The van der Waals surface area contributed by atoms with Gasteiger partial charge in [0.15, 0.2) is 0 Å². The normalized spacial score (nSPS) is 17.0. The summed E-state index contributed by atoms with van der Waals surface area (Å²) in [4.78, 5) is 17.1. The first-order valence-electron chi connectivity index (χ1n) is 6.57. The number of nitrogens with one attached hydrogen (secondary N) is 1. The van der Waals surface area contributed by atoms with Crippen LogP contribution < -0.4 is 5.32 Å². The van der Waals surface area contributed by atoms with Crippen molar-refractivity contribution in [3.05, 3.63) is 11.5 Å². The number of urea groups is 1. The van der Waals surface area contributed by atoms with Crippen molar-refractivity contribution in [1.82, 2.24) is 24.1 Å². The lowest BCUT2D eigenvalue weighted by Gasteiger charge is -2.33. The molecule has 10 heteroatoms. The van der Waals surface area contributed by atoms with Gasteiger partial charge >= 0.3 is 6.03 Å². The summed E-state index contributed by atoms with van der Waals surface area (Å²) in [5.74, 6) is 0. The van der Waals surface area contributed by atoms with E-state index < -0.39 is 10.0 Å². The molecular formula is C11H18ClN5O3S. The summed E-state index contributed by atoms with van der Waals surface area (Å²) in [7, 11) is -2.10. The largest absolute Gasteiger partial charge is 0.338 e. The average Bonchev–Trinajstić information content (AvgIpc) is 2.80. The van der Waals surface area contributed by atoms with E-state index in [1.807, 2.05) is 6.92 Å². The van der Waals surface area contributed by atoms with Crippen molar-refractivity contribution >= 4 is 27.7 Å². The number of rotatable bonds is 3. The Balaban J connectivity index is 2.08. The van der Waals surface area contributed by atoms with Crippen molar-refractivity contribution in [2.24, 2.45) is 7.05 Å². The van der Waals surface area contributed by atoms with Gasteiger partial charge in [-0.1, -0.05) is 11.6 Å². The maximum Gasteiger partial charge on any atom is 0.317 e. The third-order valence-corrected chi connectivity index (χ3v) is 5.66. The van der Waals surface area contributed by atoms with Gasteiger partial charge in [-0.25, -0.2) is 18.2 Å². The van der Waals surface area contributed by atoms with Crippen LogP contribution in [0.5, 0.6) is 0 Å². The van der Waals surface area contributed by atoms with E-state index in [4.69, 9.17) is 11.6 Å². The SMILES string of the molecule is CCNC(=O)N1CCN(S(=O)(=O)c2ncn(C)c2Cl)CC1. The molecule has 1 aromatic heterocycles. The summed E-state index contributed by atoms with van der Waals surface area (Å²) < 4.78 is 27.7. The number of hydrogen-bond acceptors (Lipinski definition) is 4. The van der Waals surface area contributed by atoms with Gasteiger partial charge in [0.1, 0.15) is 5.15 Å². The fraction of sp³-hybridized carbons (Fsp3) is 0.636. The highest BCUT2D eigenvalue weighted by Gasteiger charge is 2.33. The van der Waals surface area contributed by atoms with Crippen molar-refractivity contribution in [2.75, 3.05) is 32.7 Å². The van der Waals surface area contributed by atoms with Crippen LogP contribution in [-0.4, -0.2) is 65.9 Å². The van der Waals surface area contributed by atoms with E-state index in [9.17, 15) is 13.2 Å². The van der Waals surface area contributed by atoms with Crippen LogP contribution in [0.4, 0.5) is 4.79 Å². The molecule has 118 valence electrons. The van der Waals surface area contributed by atoms with Crippen LogP contribution in [0.15, 0.2) is 11.4 Å². The lowest BCUT2D eigenvalue weighted by atomic mass is 10.4. The number of carbonyl (C=O) groups is 1. The molecule has 0 atom stereocenters. The number of piperazine rings is 1. The van der Waals surface area contributed by atoms with Crippen LogP contribution in [0.3, 0.4) is 0 Å². The number of hydrogen-bond donors (Lipinski definition) is 1. The molecule has 0 radical (unpaired) electrons. The average molecular weight is 336 g/mol. The number of halogens is 1. The molecule has 1 aromatic rings. The zero-order valence-corrected chi connectivity index (χ0v) is 13.5. The molecule has 2 amide bonds. The Morgan fingerprint density at radius 3 is 2.48 bits per heavy atom. The van der Waals surface area contributed by atoms with Gasteiger partial charge in [0.2, 0.25) is 5.03 Å². The molecule has 1 saturated heterocycles. The monoisotopic (exact) mass is 335 g/mol. The molecule has 0 unspecified atom stereocenters. The molecule has 2 rings (SSSR count). The van der Waals surface area contributed by atoms with Crippen LogP contribution in [0, 0.1) is 0 Å². The van der Waals surface area contributed by atoms with Gasteiger partial charge in [-0.2, -0.15) is 4.31 Å². The number of aryl methyl sites for hydroxylation is 1. The van der Waals surface area contributed by atoms with Crippen molar-refractivity contribution in [2.45, 2.75) is 11.9 Å². The number of amides is 2. The summed E-state index contributed by atoms with van der Waals surface area (Å²) in [5, 5.41) is 2.64. The standard InChI is InChI=1S/C11H18ClN5O3S/c1-3-13-11(18)16-4-6-17(7-5-16)21(19,20)10-9(12)15(2)8-14-10/h8H,3-7H2,1-2H3,(H,13,18). The highest BCUT2D eigenvalue weighted by atomic mass is 35.5. The molecule has 0 aromatic carbocycles. The van der Waals surface area contributed by atoms with Gasteiger partial charge in [-0.05, 0) is 6.92 Å². The fourth-order valence-corrected chi connectivity index (χ4v) is 3.89. The number of carbonyl (C=O) groups excluding carboxylic acids is 1. The number of nitrogens with zero attached hydrogens (tertiary/aromatic N) is 4. The number of aromatic nitrogens is 2. The summed E-state index contributed by atoms with van der Waals surface area (Å²) in [6.45, 7) is 3.52. The van der Waals surface area contributed by atoms with Crippen LogP contribution in [0.25, 0.3) is 0 Å². The van der Waals surface area contributed by atoms with Crippen LogP contribution >= 0.6 is 11.6 Å². The molecule has 0 saturated carbocycles. The number of imidazole rings is 1. The molecule has 1 aliphatic heterocycles. The molecular weight excluding hydrogens is 318 g/mol. The third-order valence-electron chi connectivity index (χ3n) is 3.27. The van der Waals surface area contributed by atoms with Gasteiger partial charge in [0.05, 0.1) is 6.33 Å². The smallest absolute Gasteiger partial charge is 0.317 e. The summed E-state index contributed by atoms with van der Waals surface area (Å²) in [6.07, 6.45) is 1.36. The predicted octanol–water partition coefficient (Wildman–Crippen LogP) is 0.109.